The molecule has 3 aromatic rings. The molecule has 3 rings (SSSR count). The van der Waals surface area contributed by atoms with Crippen LogP contribution < -0.4 is 5.32 Å². The van der Waals surface area contributed by atoms with Crippen molar-refractivity contribution >= 4 is 34.4 Å². The number of rotatable bonds is 5. The Labute approximate surface area is 148 Å². The van der Waals surface area contributed by atoms with Gasteiger partial charge in [0.05, 0.1) is 11.1 Å². The molecule has 25 heavy (non-hydrogen) atoms. The number of para-hydroxylation sites is 1. The maximum atomic E-state index is 12.4. The number of carboxylic acid groups (broad SMARTS) is 1. The SMILES string of the molecule is O=C(N[C@@H](Cc1ccc(Cl)nc1)C(=O)O)c1cnc2ccccc2c1. The summed E-state index contributed by atoms with van der Waals surface area (Å²) in [5.74, 6) is -1.62. The largest absolute Gasteiger partial charge is 0.480 e. The molecule has 0 unspecified atom stereocenters. The van der Waals surface area contributed by atoms with E-state index in [0.29, 0.717) is 16.3 Å². The number of carbonyl (C=O) groups is 2. The fourth-order valence-electron chi connectivity index (χ4n) is 2.40. The van der Waals surface area contributed by atoms with E-state index in [2.05, 4.69) is 15.3 Å². The van der Waals surface area contributed by atoms with E-state index < -0.39 is 17.9 Å². The predicted octanol–water partition coefficient (Wildman–Crippen LogP) is 2.71. The normalized spacial score (nSPS) is 11.9. The van der Waals surface area contributed by atoms with Crippen LogP contribution in [0.1, 0.15) is 15.9 Å². The van der Waals surface area contributed by atoms with Gasteiger partial charge in [0.15, 0.2) is 0 Å². The van der Waals surface area contributed by atoms with Crippen LogP contribution >= 0.6 is 11.6 Å². The summed E-state index contributed by atoms with van der Waals surface area (Å²) in [6.45, 7) is 0. The minimum absolute atomic E-state index is 0.103. The molecule has 1 amide bonds. The van der Waals surface area contributed by atoms with Gasteiger partial charge in [0.1, 0.15) is 11.2 Å². The Kier molecular flexibility index (Phi) is 4.90. The third kappa shape index (κ3) is 4.10. The van der Waals surface area contributed by atoms with Crippen molar-refractivity contribution in [3.05, 3.63) is 71.1 Å². The van der Waals surface area contributed by atoms with Crippen LogP contribution in [0.3, 0.4) is 0 Å². The van der Waals surface area contributed by atoms with E-state index in [0.717, 1.165) is 10.9 Å². The molecule has 6 nitrogen and oxygen atoms in total. The first-order valence-electron chi connectivity index (χ1n) is 7.52. The lowest BCUT2D eigenvalue weighted by Crippen LogP contribution is -2.42. The summed E-state index contributed by atoms with van der Waals surface area (Å²) in [4.78, 5) is 32.0. The van der Waals surface area contributed by atoms with Crippen molar-refractivity contribution in [1.29, 1.82) is 0 Å². The number of aromatic nitrogens is 2. The zero-order chi connectivity index (χ0) is 17.8. The van der Waals surface area contributed by atoms with Crippen LogP contribution in [0, 0.1) is 0 Å². The lowest BCUT2D eigenvalue weighted by atomic mass is 10.1. The number of nitrogens with one attached hydrogen (secondary N) is 1. The Bertz CT molecular complexity index is 928. The summed E-state index contributed by atoms with van der Waals surface area (Å²) in [7, 11) is 0. The van der Waals surface area contributed by atoms with Crippen molar-refractivity contribution in [1.82, 2.24) is 15.3 Å². The van der Waals surface area contributed by atoms with Crippen molar-refractivity contribution in [2.75, 3.05) is 0 Å². The minimum Gasteiger partial charge on any atom is -0.480 e. The van der Waals surface area contributed by atoms with Gasteiger partial charge in [0, 0.05) is 24.2 Å². The van der Waals surface area contributed by atoms with E-state index in [1.807, 2.05) is 24.3 Å². The molecule has 0 bridgehead atoms. The Morgan fingerprint density at radius 3 is 2.64 bits per heavy atom. The highest BCUT2D eigenvalue weighted by molar-refractivity contribution is 6.29. The van der Waals surface area contributed by atoms with Crippen LogP contribution in [0.4, 0.5) is 0 Å². The monoisotopic (exact) mass is 355 g/mol. The third-order valence-electron chi connectivity index (χ3n) is 3.68. The highest BCUT2D eigenvalue weighted by Crippen LogP contribution is 2.13. The van der Waals surface area contributed by atoms with Gasteiger partial charge in [-0.05, 0) is 23.8 Å². The van der Waals surface area contributed by atoms with Gasteiger partial charge in [-0.1, -0.05) is 35.9 Å². The molecule has 126 valence electrons. The first-order chi connectivity index (χ1) is 12.0. The molecule has 0 fully saturated rings. The topological polar surface area (TPSA) is 92.2 Å². The molecule has 0 aliphatic carbocycles. The fraction of sp³-hybridized carbons (Fsp3) is 0.111. The van der Waals surface area contributed by atoms with Crippen LogP contribution in [0.25, 0.3) is 10.9 Å². The molecule has 7 heteroatoms. The molecule has 0 spiro atoms. The Hall–Kier alpha value is -2.99. The van der Waals surface area contributed by atoms with Crippen molar-refractivity contribution in [3.8, 4) is 0 Å². The Morgan fingerprint density at radius 1 is 1.12 bits per heavy atom. The Balaban J connectivity index is 1.77. The van der Waals surface area contributed by atoms with Gasteiger partial charge >= 0.3 is 5.97 Å². The number of benzene rings is 1. The number of nitrogens with zero attached hydrogens (tertiary/aromatic N) is 2. The van der Waals surface area contributed by atoms with Gasteiger partial charge in [-0.25, -0.2) is 9.78 Å². The maximum Gasteiger partial charge on any atom is 0.326 e. The number of halogens is 1. The van der Waals surface area contributed by atoms with Gasteiger partial charge in [-0.3, -0.25) is 9.78 Å². The number of fused-ring (bicyclic) bond motifs is 1. The molecule has 0 saturated carbocycles. The fourth-order valence-corrected chi connectivity index (χ4v) is 2.51. The second kappa shape index (κ2) is 7.27. The molecule has 0 saturated heterocycles. The van der Waals surface area contributed by atoms with E-state index in [9.17, 15) is 14.7 Å². The molecule has 0 radical (unpaired) electrons. The molecule has 0 aliphatic heterocycles. The van der Waals surface area contributed by atoms with Crippen LogP contribution in [0.5, 0.6) is 0 Å². The summed E-state index contributed by atoms with van der Waals surface area (Å²) in [5.41, 5.74) is 1.73. The van der Waals surface area contributed by atoms with Crippen LogP contribution in [0.2, 0.25) is 5.15 Å². The van der Waals surface area contributed by atoms with E-state index in [-0.39, 0.29) is 6.42 Å². The number of aliphatic carboxylic acids is 1. The number of pyridine rings is 2. The number of amides is 1. The summed E-state index contributed by atoms with van der Waals surface area (Å²) < 4.78 is 0. The number of carboxylic acids is 1. The van der Waals surface area contributed by atoms with Gasteiger partial charge in [-0.2, -0.15) is 0 Å². The highest BCUT2D eigenvalue weighted by Gasteiger charge is 2.21. The lowest BCUT2D eigenvalue weighted by molar-refractivity contribution is -0.139. The highest BCUT2D eigenvalue weighted by atomic mass is 35.5. The number of hydrogen-bond donors (Lipinski definition) is 2. The van der Waals surface area contributed by atoms with Gasteiger partial charge < -0.3 is 10.4 Å². The summed E-state index contributed by atoms with van der Waals surface area (Å²) in [6.07, 6.45) is 3.02. The van der Waals surface area contributed by atoms with Gasteiger partial charge in [0.25, 0.3) is 5.91 Å². The van der Waals surface area contributed by atoms with E-state index in [4.69, 9.17) is 11.6 Å². The number of carbonyl (C=O) groups excluding carboxylic acids is 1. The first kappa shape index (κ1) is 16.9. The zero-order valence-corrected chi connectivity index (χ0v) is 13.8. The molecule has 1 atom stereocenters. The average molecular weight is 356 g/mol. The molecule has 1 aromatic carbocycles. The van der Waals surface area contributed by atoms with E-state index in [1.165, 1.54) is 12.4 Å². The quantitative estimate of drug-likeness (QED) is 0.686. The van der Waals surface area contributed by atoms with Crippen LogP contribution in [0.15, 0.2) is 54.9 Å². The molecule has 2 heterocycles. The summed E-state index contributed by atoms with van der Waals surface area (Å²) in [6, 6.07) is 11.2. The first-order valence-corrected chi connectivity index (χ1v) is 7.89. The van der Waals surface area contributed by atoms with Crippen molar-refractivity contribution in [3.63, 3.8) is 0 Å². The predicted molar refractivity (Wildman–Crippen MR) is 93.6 cm³/mol. The molecule has 2 N–H and O–H groups in total. The second-order valence-corrected chi connectivity index (χ2v) is 5.86. The van der Waals surface area contributed by atoms with Crippen molar-refractivity contribution in [2.45, 2.75) is 12.5 Å². The standard InChI is InChI=1S/C18H14ClN3O3/c19-16-6-5-11(9-21-16)7-15(18(24)25)22-17(23)13-8-12-3-1-2-4-14(12)20-10-13/h1-6,8-10,15H,7H2,(H,22,23)(H,24,25)/t15-/m0/s1. The maximum absolute atomic E-state index is 12.4. The second-order valence-electron chi connectivity index (χ2n) is 5.47. The number of hydrogen-bond acceptors (Lipinski definition) is 4. The minimum atomic E-state index is -1.13. The van der Waals surface area contributed by atoms with Crippen molar-refractivity contribution < 1.29 is 14.7 Å². The average Bonchev–Trinajstić information content (AvgIpc) is 2.62. The van der Waals surface area contributed by atoms with Gasteiger partial charge in [-0.15, -0.1) is 0 Å². The molecule has 2 aromatic heterocycles. The third-order valence-corrected chi connectivity index (χ3v) is 3.91. The molecule has 0 aliphatic rings. The zero-order valence-electron chi connectivity index (χ0n) is 13.0. The van der Waals surface area contributed by atoms with Gasteiger partial charge in [0.2, 0.25) is 0 Å². The van der Waals surface area contributed by atoms with Crippen LogP contribution in [-0.4, -0.2) is 33.0 Å². The van der Waals surface area contributed by atoms with E-state index in [1.54, 1.807) is 18.2 Å². The molecular weight excluding hydrogens is 342 g/mol. The van der Waals surface area contributed by atoms with Crippen molar-refractivity contribution in [2.24, 2.45) is 0 Å². The Morgan fingerprint density at radius 2 is 1.92 bits per heavy atom. The van der Waals surface area contributed by atoms with E-state index >= 15 is 0 Å². The lowest BCUT2D eigenvalue weighted by Gasteiger charge is -2.14. The smallest absolute Gasteiger partial charge is 0.326 e. The van der Waals surface area contributed by atoms with Crippen LogP contribution in [-0.2, 0) is 11.2 Å². The summed E-state index contributed by atoms with van der Waals surface area (Å²) in [5, 5.41) is 13.0. The molecular formula is C18H14ClN3O3. The summed E-state index contributed by atoms with van der Waals surface area (Å²) >= 11 is 5.72.